The van der Waals surface area contributed by atoms with Gasteiger partial charge >= 0.3 is 0 Å². The maximum Gasteiger partial charge on any atom is 0.270 e. The maximum atomic E-state index is 12.2. The van der Waals surface area contributed by atoms with E-state index in [1.807, 2.05) is 17.7 Å². The second-order valence-electron chi connectivity index (χ2n) is 4.17. The molecule has 2 aromatic rings. The molecule has 0 aliphatic rings. The van der Waals surface area contributed by atoms with Crippen molar-refractivity contribution in [3.63, 3.8) is 0 Å². The highest BCUT2D eigenvalue weighted by atomic mass is 32.1. The fraction of sp³-hybridized carbons (Fsp3) is 0.308. The van der Waals surface area contributed by atoms with E-state index >= 15 is 0 Å². The van der Waals surface area contributed by atoms with Crippen LogP contribution in [0.5, 0.6) is 0 Å². The smallest absolute Gasteiger partial charge is 0.270 e. The minimum absolute atomic E-state index is 0.0356. The Hall–Kier alpha value is -1.55. The lowest BCUT2D eigenvalue weighted by molar-refractivity contribution is 0.0801. The van der Waals surface area contributed by atoms with Crippen LogP contribution in [0, 0.1) is 6.92 Å². The molecule has 90 valence electrons. The molecule has 0 saturated heterocycles. The lowest BCUT2D eigenvalue weighted by Crippen LogP contribution is -2.28. The molecule has 0 N–H and O–H groups in total. The second kappa shape index (κ2) is 4.37. The lowest BCUT2D eigenvalue weighted by atomic mass is 10.3. The Morgan fingerprint density at radius 2 is 2.29 bits per heavy atom. The van der Waals surface area contributed by atoms with Crippen LogP contribution < -0.4 is 0 Å². The number of fused-ring (bicyclic) bond motifs is 1. The van der Waals surface area contributed by atoms with Gasteiger partial charge in [-0.15, -0.1) is 17.9 Å². The van der Waals surface area contributed by atoms with E-state index in [-0.39, 0.29) is 5.91 Å². The van der Waals surface area contributed by atoms with Crippen LogP contribution in [-0.4, -0.2) is 29.0 Å². The molecule has 17 heavy (non-hydrogen) atoms. The van der Waals surface area contributed by atoms with Crippen molar-refractivity contribution in [3.05, 3.63) is 35.4 Å². The first-order valence-electron chi connectivity index (χ1n) is 5.47. The van der Waals surface area contributed by atoms with Crippen molar-refractivity contribution >= 4 is 27.5 Å². The molecule has 2 aromatic heterocycles. The normalized spacial score (nSPS) is 10.8. The molecule has 0 saturated carbocycles. The first-order chi connectivity index (χ1) is 8.04. The first-order valence-corrected chi connectivity index (χ1v) is 6.28. The second-order valence-corrected chi connectivity index (χ2v) is 5.46. The number of rotatable bonds is 3. The highest BCUT2D eigenvalue weighted by molar-refractivity contribution is 7.19. The third kappa shape index (κ3) is 2.00. The summed E-state index contributed by atoms with van der Waals surface area (Å²) in [5, 5.41) is 0. The van der Waals surface area contributed by atoms with E-state index < -0.39 is 0 Å². The molecule has 0 aliphatic heterocycles. The van der Waals surface area contributed by atoms with Gasteiger partial charge in [0, 0.05) is 25.5 Å². The zero-order valence-electron chi connectivity index (χ0n) is 10.4. The Morgan fingerprint density at radius 1 is 1.59 bits per heavy atom. The number of amides is 1. The van der Waals surface area contributed by atoms with E-state index in [0.717, 1.165) is 11.2 Å². The molecule has 4 heteroatoms. The van der Waals surface area contributed by atoms with Crippen molar-refractivity contribution in [2.45, 2.75) is 6.92 Å². The molecule has 0 bridgehead atoms. The van der Waals surface area contributed by atoms with E-state index in [0.29, 0.717) is 6.54 Å². The Bertz CT molecular complexity index is 580. The number of likely N-dealkylation sites (N-methyl/N-ethyl adjacent to an activating group) is 1. The number of nitrogens with zero attached hydrogens (tertiary/aromatic N) is 2. The summed E-state index contributed by atoms with van der Waals surface area (Å²) in [6, 6.07) is 4.08. The van der Waals surface area contributed by atoms with Crippen LogP contribution in [0.4, 0.5) is 0 Å². The molecular formula is C13H16N2OS. The van der Waals surface area contributed by atoms with Crippen molar-refractivity contribution in [2.24, 2.45) is 7.05 Å². The zero-order valence-corrected chi connectivity index (χ0v) is 11.2. The van der Waals surface area contributed by atoms with Crippen LogP contribution >= 0.6 is 11.3 Å². The SMILES string of the molecule is C=CCN(C)C(=O)c1cc2sc(C)cc2n1C. The van der Waals surface area contributed by atoms with E-state index in [2.05, 4.69) is 19.6 Å². The van der Waals surface area contributed by atoms with Gasteiger partial charge in [0.25, 0.3) is 5.91 Å². The van der Waals surface area contributed by atoms with Gasteiger partial charge < -0.3 is 9.47 Å². The van der Waals surface area contributed by atoms with Crippen LogP contribution in [0.25, 0.3) is 10.2 Å². The summed E-state index contributed by atoms with van der Waals surface area (Å²) in [7, 11) is 3.72. The van der Waals surface area contributed by atoms with Crippen molar-refractivity contribution in [2.75, 3.05) is 13.6 Å². The summed E-state index contributed by atoms with van der Waals surface area (Å²) < 4.78 is 3.13. The average Bonchev–Trinajstić information content (AvgIpc) is 2.77. The Morgan fingerprint density at radius 3 is 2.88 bits per heavy atom. The van der Waals surface area contributed by atoms with Crippen LogP contribution in [0.2, 0.25) is 0 Å². The van der Waals surface area contributed by atoms with Crippen LogP contribution in [0.3, 0.4) is 0 Å². The molecule has 0 aliphatic carbocycles. The lowest BCUT2D eigenvalue weighted by Gasteiger charge is -2.15. The Labute approximate surface area is 105 Å². The quantitative estimate of drug-likeness (QED) is 0.767. The molecule has 0 fully saturated rings. The number of carbonyl (C=O) groups excluding carboxylic acids is 1. The van der Waals surface area contributed by atoms with Gasteiger partial charge in [0.05, 0.1) is 10.2 Å². The summed E-state index contributed by atoms with van der Waals surface area (Å²) in [5.41, 5.74) is 1.86. The minimum atomic E-state index is 0.0356. The van der Waals surface area contributed by atoms with E-state index in [9.17, 15) is 4.79 Å². The number of aromatic nitrogens is 1. The Balaban J connectivity index is 2.42. The molecule has 3 nitrogen and oxygen atoms in total. The van der Waals surface area contributed by atoms with Gasteiger partial charge in [0.1, 0.15) is 5.69 Å². The van der Waals surface area contributed by atoms with Gasteiger partial charge in [-0.3, -0.25) is 4.79 Å². The van der Waals surface area contributed by atoms with E-state index in [4.69, 9.17) is 0 Å². The van der Waals surface area contributed by atoms with Gasteiger partial charge in [-0.05, 0) is 19.1 Å². The summed E-state index contributed by atoms with van der Waals surface area (Å²) in [4.78, 5) is 15.1. The van der Waals surface area contributed by atoms with Crippen molar-refractivity contribution in [1.82, 2.24) is 9.47 Å². The molecule has 2 heterocycles. The number of aryl methyl sites for hydroxylation is 2. The predicted octanol–water partition coefficient (Wildman–Crippen LogP) is 2.81. The highest BCUT2D eigenvalue weighted by Gasteiger charge is 2.17. The number of carbonyl (C=O) groups is 1. The van der Waals surface area contributed by atoms with Crippen LogP contribution in [0.1, 0.15) is 15.4 Å². The van der Waals surface area contributed by atoms with Gasteiger partial charge in [0.2, 0.25) is 0 Å². The largest absolute Gasteiger partial charge is 0.339 e. The topological polar surface area (TPSA) is 25.2 Å². The fourth-order valence-corrected chi connectivity index (χ4v) is 2.90. The number of hydrogen-bond acceptors (Lipinski definition) is 2. The highest BCUT2D eigenvalue weighted by Crippen LogP contribution is 2.28. The summed E-state index contributed by atoms with van der Waals surface area (Å²) >= 11 is 1.72. The van der Waals surface area contributed by atoms with Gasteiger partial charge in [0.15, 0.2) is 0 Å². The first kappa shape index (κ1) is 11.9. The number of hydrogen-bond donors (Lipinski definition) is 0. The minimum Gasteiger partial charge on any atom is -0.339 e. The van der Waals surface area contributed by atoms with E-state index in [1.165, 1.54) is 9.58 Å². The molecule has 0 radical (unpaired) electrons. The molecule has 1 amide bonds. The molecule has 2 rings (SSSR count). The third-order valence-corrected chi connectivity index (χ3v) is 3.81. The van der Waals surface area contributed by atoms with Crippen molar-refractivity contribution in [3.8, 4) is 0 Å². The molecular weight excluding hydrogens is 232 g/mol. The van der Waals surface area contributed by atoms with Crippen molar-refractivity contribution in [1.29, 1.82) is 0 Å². The van der Waals surface area contributed by atoms with Gasteiger partial charge in [-0.25, -0.2) is 0 Å². The van der Waals surface area contributed by atoms with E-state index in [1.54, 1.807) is 29.4 Å². The van der Waals surface area contributed by atoms with Crippen LogP contribution in [-0.2, 0) is 7.05 Å². The zero-order chi connectivity index (χ0) is 12.6. The molecule has 0 aromatic carbocycles. The third-order valence-electron chi connectivity index (χ3n) is 2.82. The summed E-state index contributed by atoms with van der Waals surface area (Å²) in [6.45, 7) is 6.29. The average molecular weight is 248 g/mol. The summed E-state index contributed by atoms with van der Waals surface area (Å²) in [5.74, 6) is 0.0356. The molecule has 0 atom stereocenters. The molecule has 0 spiro atoms. The number of thiophene rings is 1. The molecule has 0 unspecified atom stereocenters. The Kier molecular flexibility index (Phi) is 3.07. The standard InChI is InChI=1S/C13H16N2OS/c1-5-6-14(3)13(16)11-8-12-10(15(11)4)7-9(2)17-12/h5,7-8H,1,6H2,2-4H3. The maximum absolute atomic E-state index is 12.2. The van der Waals surface area contributed by atoms with Gasteiger partial charge in [-0.2, -0.15) is 0 Å². The van der Waals surface area contributed by atoms with Gasteiger partial charge in [-0.1, -0.05) is 6.08 Å². The van der Waals surface area contributed by atoms with Crippen LogP contribution in [0.15, 0.2) is 24.8 Å². The predicted molar refractivity (Wildman–Crippen MR) is 72.7 cm³/mol. The van der Waals surface area contributed by atoms with Crippen molar-refractivity contribution < 1.29 is 4.79 Å². The summed E-state index contributed by atoms with van der Waals surface area (Å²) in [6.07, 6.45) is 1.73. The monoisotopic (exact) mass is 248 g/mol. The fourth-order valence-electron chi connectivity index (χ4n) is 1.91.